The largest absolute Gasteiger partial charge is 0.496 e. The molecule has 0 bridgehead atoms. The van der Waals surface area contributed by atoms with Crippen LogP contribution in [-0.2, 0) is 21.4 Å². The monoisotopic (exact) mass is 342 g/mol. The molecule has 1 N–H and O–H groups in total. The molecule has 134 valence electrons. The zero-order valence-corrected chi connectivity index (χ0v) is 15.4. The summed E-state index contributed by atoms with van der Waals surface area (Å²) in [6.07, 6.45) is 1.71. The first-order valence-electron chi connectivity index (χ1n) is 9.16. The molecule has 4 nitrogen and oxygen atoms in total. The second-order valence-corrected chi connectivity index (χ2v) is 8.11. The van der Waals surface area contributed by atoms with Gasteiger partial charge in [0.15, 0.2) is 0 Å². The Hall–Kier alpha value is -1.81. The van der Waals surface area contributed by atoms with Gasteiger partial charge in [-0.3, -0.25) is 0 Å². The number of carbonyl (C=O) groups excluding carboxylic acids is 1. The maximum Gasteiger partial charge on any atom is 0.337 e. The molecule has 2 aliphatic carbocycles. The van der Waals surface area contributed by atoms with Crippen molar-refractivity contribution >= 4 is 5.97 Å². The van der Waals surface area contributed by atoms with Crippen molar-refractivity contribution in [3.8, 4) is 5.75 Å². The number of benzene rings is 1. The van der Waals surface area contributed by atoms with Crippen molar-refractivity contribution < 1.29 is 19.4 Å². The van der Waals surface area contributed by atoms with E-state index in [0.717, 1.165) is 24.2 Å². The molecule has 1 aromatic carbocycles. The molecule has 1 aromatic rings. The number of esters is 1. The van der Waals surface area contributed by atoms with Crippen molar-refractivity contribution in [3.05, 3.63) is 40.0 Å². The summed E-state index contributed by atoms with van der Waals surface area (Å²) in [5, 5.41) is 10.7. The minimum absolute atomic E-state index is 0.192. The predicted octanol–water partition coefficient (Wildman–Crippen LogP) is 3.26. The number of carbonyl (C=O) groups is 1. The van der Waals surface area contributed by atoms with Gasteiger partial charge in [0.2, 0.25) is 0 Å². The Morgan fingerprint density at radius 2 is 2.12 bits per heavy atom. The van der Waals surface area contributed by atoms with Crippen LogP contribution in [0.2, 0.25) is 0 Å². The van der Waals surface area contributed by atoms with Gasteiger partial charge in [0.1, 0.15) is 12.4 Å². The third-order valence-electron chi connectivity index (χ3n) is 6.48. The van der Waals surface area contributed by atoms with E-state index in [-0.39, 0.29) is 17.3 Å². The van der Waals surface area contributed by atoms with Crippen LogP contribution >= 0.6 is 0 Å². The Balaban J connectivity index is 1.88. The van der Waals surface area contributed by atoms with Crippen molar-refractivity contribution in [3.63, 3.8) is 0 Å². The molecule has 1 heterocycles. The zero-order chi connectivity index (χ0) is 17.9. The summed E-state index contributed by atoms with van der Waals surface area (Å²) in [5.41, 5.74) is 5.12. The topological polar surface area (TPSA) is 55.8 Å². The third-order valence-corrected chi connectivity index (χ3v) is 6.48. The Kier molecular flexibility index (Phi) is 3.73. The van der Waals surface area contributed by atoms with Crippen LogP contribution in [0, 0.1) is 5.92 Å². The lowest BCUT2D eigenvalue weighted by atomic mass is 9.56. The number of hydrogen-bond donors (Lipinski definition) is 1. The van der Waals surface area contributed by atoms with Gasteiger partial charge < -0.3 is 14.6 Å². The fraction of sp³-hybridized carbons (Fsp3) is 0.571. The quantitative estimate of drug-likeness (QED) is 0.838. The molecule has 0 aromatic heterocycles. The lowest BCUT2D eigenvalue weighted by molar-refractivity contribution is -0.136. The fourth-order valence-electron chi connectivity index (χ4n) is 5.30. The van der Waals surface area contributed by atoms with Gasteiger partial charge in [-0.05, 0) is 53.4 Å². The van der Waals surface area contributed by atoms with Crippen LogP contribution < -0.4 is 4.74 Å². The summed E-state index contributed by atoms with van der Waals surface area (Å²) in [6.45, 7) is 6.92. The lowest BCUT2D eigenvalue weighted by Crippen LogP contribution is -2.45. The molecule has 0 radical (unpaired) electrons. The van der Waals surface area contributed by atoms with Crippen LogP contribution in [0.1, 0.15) is 56.2 Å². The summed E-state index contributed by atoms with van der Waals surface area (Å²) >= 11 is 0. The number of hydrogen-bond acceptors (Lipinski definition) is 4. The van der Waals surface area contributed by atoms with E-state index in [0.29, 0.717) is 24.5 Å². The highest BCUT2D eigenvalue weighted by molar-refractivity contribution is 5.93. The molecule has 1 aliphatic heterocycles. The third kappa shape index (κ3) is 2.20. The van der Waals surface area contributed by atoms with Gasteiger partial charge >= 0.3 is 5.97 Å². The molecule has 0 unspecified atom stereocenters. The van der Waals surface area contributed by atoms with E-state index in [1.165, 1.54) is 16.7 Å². The van der Waals surface area contributed by atoms with E-state index in [2.05, 4.69) is 32.9 Å². The molecule has 0 spiro atoms. The Morgan fingerprint density at radius 1 is 1.36 bits per heavy atom. The van der Waals surface area contributed by atoms with Crippen LogP contribution in [0.25, 0.3) is 0 Å². The number of cyclic esters (lactones) is 1. The van der Waals surface area contributed by atoms with Crippen LogP contribution in [0.15, 0.2) is 23.3 Å². The number of aliphatic hydroxyl groups excluding tert-OH is 1. The van der Waals surface area contributed by atoms with Crippen LogP contribution in [0.4, 0.5) is 0 Å². The number of aliphatic hydroxyl groups is 1. The number of ether oxygens (including phenoxy) is 2. The Labute approximate surface area is 148 Å². The van der Waals surface area contributed by atoms with Gasteiger partial charge in [0.25, 0.3) is 0 Å². The lowest BCUT2D eigenvalue weighted by Gasteiger charge is -2.48. The van der Waals surface area contributed by atoms with Gasteiger partial charge in [-0.15, -0.1) is 0 Å². The molecule has 3 aliphatic rings. The van der Waals surface area contributed by atoms with Crippen LogP contribution in [-0.4, -0.2) is 30.9 Å². The SMILES string of the molecule is COc1c(C(C)C)ccc2c1CC[C@H]1C3=C(C(=O)OC3)[C@@H](O)C[C@]21C. The molecule has 0 saturated heterocycles. The molecule has 4 rings (SSSR count). The summed E-state index contributed by atoms with van der Waals surface area (Å²) in [5.74, 6) is 1.32. The second kappa shape index (κ2) is 5.60. The predicted molar refractivity (Wildman–Crippen MR) is 94.9 cm³/mol. The first-order chi connectivity index (χ1) is 11.9. The average Bonchev–Trinajstić information content (AvgIpc) is 2.95. The highest BCUT2D eigenvalue weighted by Gasteiger charge is 2.52. The highest BCUT2D eigenvalue weighted by Crippen LogP contribution is 2.55. The van der Waals surface area contributed by atoms with E-state index in [1.54, 1.807) is 7.11 Å². The van der Waals surface area contributed by atoms with Gasteiger partial charge in [-0.25, -0.2) is 4.79 Å². The molecular formula is C21H26O4. The van der Waals surface area contributed by atoms with Gasteiger partial charge in [0.05, 0.1) is 18.8 Å². The molecule has 25 heavy (non-hydrogen) atoms. The minimum Gasteiger partial charge on any atom is -0.496 e. The Morgan fingerprint density at radius 3 is 2.80 bits per heavy atom. The molecule has 0 fully saturated rings. The standard InChI is InChI=1S/C21H26O4/c1-11(2)12-5-7-15-13(19(12)24-4)6-8-16-14-10-25-20(23)18(14)17(22)9-21(15,16)3/h5,7,11,16-17,22H,6,8-10H2,1-4H3/t16-,17-,21+/m0/s1. The van der Waals surface area contributed by atoms with Crippen molar-refractivity contribution in [2.24, 2.45) is 5.92 Å². The van der Waals surface area contributed by atoms with Crippen LogP contribution in [0.5, 0.6) is 5.75 Å². The van der Waals surface area contributed by atoms with E-state index < -0.39 is 6.10 Å². The van der Waals surface area contributed by atoms with E-state index >= 15 is 0 Å². The average molecular weight is 342 g/mol. The molecule has 0 saturated carbocycles. The molecular weight excluding hydrogens is 316 g/mol. The van der Waals surface area contributed by atoms with Crippen molar-refractivity contribution in [2.45, 2.75) is 57.5 Å². The number of methoxy groups -OCH3 is 1. The number of fused-ring (bicyclic) bond motifs is 4. The summed E-state index contributed by atoms with van der Waals surface area (Å²) in [4.78, 5) is 12.0. The van der Waals surface area contributed by atoms with E-state index in [9.17, 15) is 9.90 Å². The van der Waals surface area contributed by atoms with Crippen LogP contribution in [0.3, 0.4) is 0 Å². The van der Waals surface area contributed by atoms with Crippen molar-refractivity contribution in [1.82, 2.24) is 0 Å². The van der Waals surface area contributed by atoms with Gasteiger partial charge in [-0.2, -0.15) is 0 Å². The summed E-state index contributed by atoms with van der Waals surface area (Å²) < 4.78 is 11.1. The number of rotatable bonds is 2. The van der Waals surface area contributed by atoms with Crippen molar-refractivity contribution in [2.75, 3.05) is 13.7 Å². The molecule has 4 heteroatoms. The van der Waals surface area contributed by atoms with E-state index in [1.807, 2.05) is 0 Å². The summed E-state index contributed by atoms with van der Waals surface area (Å²) in [6, 6.07) is 4.39. The maximum atomic E-state index is 12.0. The van der Waals surface area contributed by atoms with Gasteiger partial charge in [0, 0.05) is 5.41 Å². The smallest absolute Gasteiger partial charge is 0.337 e. The highest BCUT2D eigenvalue weighted by atomic mass is 16.5. The van der Waals surface area contributed by atoms with Crippen molar-refractivity contribution in [1.29, 1.82) is 0 Å². The zero-order valence-electron chi connectivity index (χ0n) is 15.4. The molecule has 0 amide bonds. The normalized spacial score (nSPS) is 30.7. The maximum absolute atomic E-state index is 12.0. The Bertz CT molecular complexity index is 776. The fourth-order valence-corrected chi connectivity index (χ4v) is 5.30. The first-order valence-corrected chi connectivity index (χ1v) is 9.16. The molecule has 3 atom stereocenters. The first kappa shape index (κ1) is 16.6. The minimum atomic E-state index is -0.743. The van der Waals surface area contributed by atoms with Gasteiger partial charge in [-0.1, -0.05) is 32.9 Å². The summed E-state index contributed by atoms with van der Waals surface area (Å²) in [7, 11) is 1.75. The van der Waals surface area contributed by atoms with E-state index in [4.69, 9.17) is 9.47 Å². The second-order valence-electron chi connectivity index (χ2n) is 8.11.